The summed E-state index contributed by atoms with van der Waals surface area (Å²) >= 11 is 1.46. The van der Waals surface area contributed by atoms with E-state index in [-0.39, 0.29) is 6.04 Å². The molecule has 0 spiro atoms. The second-order valence-corrected chi connectivity index (χ2v) is 5.82. The van der Waals surface area contributed by atoms with E-state index in [9.17, 15) is 0 Å². The van der Waals surface area contributed by atoms with Crippen molar-refractivity contribution >= 4 is 11.5 Å². The van der Waals surface area contributed by atoms with Gasteiger partial charge in [-0.25, -0.2) is 0 Å². The molecule has 0 aromatic carbocycles. The maximum Gasteiger partial charge on any atom is 0.0832 e. The van der Waals surface area contributed by atoms with Crippen molar-refractivity contribution in [2.24, 2.45) is 5.73 Å². The normalized spacial score (nSPS) is 18.9. The third-order valence-corrected chi connectivity index (χ3v) is 4.17. The summed E-state index contributed by atoms with van der Waals surface area (Å²) < 4.78 is 4.07. The van der Waals surface area contributed by atoms with E-state index in [1.807, 2.05) is 0 Å². The lowest BCUT2D eigenvalue weighted by atomic mass is 9.98. The summed E-state index contributed by atoms with van der Waals surface area (Å²) in [7, 11) is 0. The molecule has 0 amide bonds. The fourth-order valence-corrected chi connectivity index (χ4v) is 3.16. The molecule has 2 rings (SSSR count). The first-order chi connectivity index (χ1) is 8.20. The van der Waals surface area contributed by atoms with Gasteiger partial charge in [0.2, 0.25) is 0 Å². The molecule has 0 saturated heterocycles. The summed E-state index contributed by atoms with van der Waals surface area (Å²) in [6, 6.07) is 0.0190. The summed E-state index contributed by atoms with van der Waals surface area (Å²) in [4.78, 5) is 1.16. The molecule has 0 saturated carbocycles. The predicted octanol–water partition coefficient (Wildman–Crippen LogP) is 3.55. The van der Waals surface area contributed by atoms with Crippen molar-refractivity contribution in [3.63, 3.8) is 0 Å². The number of allylic oxidation sites excluding steroid dienone is 1. The summed E-state index contributed by atoms with van der Waals surface area (Å²) in [5, 5.41) is 4.22. The van der Waals surface area contributed by atoms with Gasteiger partial charge in [0.1, 0.15) is 0 Å². The highest BCUT2D eigenvalue weighted by Gasteiger charge is 2.21. The van der Waals surface area contributed by atoms with Gasteiger partial charge in [-0.3, -0.25) is 0 Å². The monoisotopic (exact) mass is 251 g/mol. The number of aromatic nitrogens is 2. The van der Waals surface area contributed by atoms with Gasteiger partial charge >= 0.3 is 0 Å². The highest BCUT2D eigenvalue weighted by molar-refractivity contribution is 7.05. The minimum absolute atomic E-state index is 0.0190. The SMILES string of the molecule is CC(C)c1nnsc1C(N)C1=CCCCCC1. The van der Waals surface area contributed by atoms with E-state index >= 15 is 0 Å². The van der Waals surface area contributed by atoms with Crippen LogP contribution in [0.3, 0.4) is 0 Å². The average molecular weight is 251 g/mol. The van der Waals surface area contributed by atoms with Gasteiger partial charge in [-0.1, -0.05) is 36.4 Å². The highest BCUT2D eigenvalue weighted by atomic mass is 32.1. The van der Waals surface area contributed by atoms with Gasteiger partial charge in [0.15, 0.2) is 0 Å². The van der Waals surface area contributed by atoms with Crippen LogP contribution in [0.1, 0.15) is 68.5 Å². The summed E-state index contributed by atoms with van der Waals surface area (Å²) in [6.45, 7) is 4.29. The number of nitrogens with zero attached hydrogens (tertiary/aromatic N) is 2. The van der Waals surface area contributed by atoms with Gasteiger partial charge in [-0.2, -0.15) is 0 Å². The van der Waals surface area contributed by atoms with Crippen molar-refractivity contribution in [1.29, 1.82) is 0 Å². The molecule has 1 aliphatic carbocycles. The average Bonchev–Trinajstić information content (AvgIpc) is 2.64. The lowest BCUT2D eigenvalue weighted by Crippen LogP contribution is -2.14. The van der Waals surface area contributed by atoms with Crippen molar-refractivity contribution < 1.29 is 0 Å². The molecule has 1 aliphatic rings. The van der Waals surface area contributed by atoms with Gasteiger partial charge in [-0.05, 0) is 43.1 Å². The first kappa shape index (κ1) is 12.7. The Labute approximate surface area is 107 Å². The third kappa shape index (κ3) is 2.93. The van der Waals surface area contributed by atoms with Crippen molar-refractivity contribution in [1.82, 2.24) is 9.59 Å². The van der Waals surface area contributed by atoms with Crippen LogP contribution < -0.4 is 5.73 Å². The molecule has 0 radical (unpaired) electrons. The molecule has 4 heteroatoms. The van der Waals surface area contributed by atoms with Crippen LogP contribution in [0.25, 0.3) is 0 Å². The molecular weight excluding hydrogens is 230 g/mol. The van der Waals surface area contributed by atoms with Crippen LogP contribution in [0.15, 0.2) is 11.6 Å². The molecule has 0 fully saturated rings. The third-order valence-electron chi connectivity index (χ3n) is 3.35. The van der Waals surface area contributed by atoms with Crippen LogP contribution in [0.2, 0.25) is 0 Å². The van der Waals surface area contributed by atoms with Crippen molar-refractivity contribution in [2.45, 2.75) is 57.9 Å². The summed E-state index contributed by atoms with van der Waals surface area (Å²) in [6.07, 6.45) is 8.53. The fraction of sp³-hybridized carbons (Fsp3) is 0.692. The Kier molecular flexibility index (Phi) is 4.29. The summed E-state index contributed by atoms with van der Waals surface area (Å²) in [5.41, 5.74) is 8.85. The van der Waals surface area contributed by atoms with Crippen LogP contribution in [0.5, 0.6) is 0 Å². The van der Waals surface area contributed by atoms with Gasteiger partial charge in [0, 0.05) is 0 Å². The predicted molar refractivity (Wildman–Crippen MR) is 72.1 cm³/mol. The Hall–Kier alpha value is -0.740. The molecule has 1 heterocycles. The molecule has 1 aromatic heterocycles. The topological polar surface area (TPSA) is 51.8 Å². The quantitative estimate of drug-likeness (QED) is 0.836. The number of hydrogen-bond donors (Lipinski definition) is 1. The zero-order valence-corrected chi connectivity index (χ0v) is 11.5. The second-order valence-electron chi connectivity index (χ2n) is 5.03. The summed E-state index contributed by atoms with van der Waals surface area (Å²) in [5.74, 6) is 0.404. The lowest BCUT2D eigenvalue weighted by Gasteiger charge is -2.15. The van der Waals surface area contributed by atoms with E-state index in [0.29, 0.717) is 5.92 Å². The fourth-order valence-electron chi connectivity index (χ4n) is 2.31. The molecule has 1 atom stereocenters. The minimum Gasteiger partial charge on any atom is -0.320 e. The molecule has 3 nitrogen and oxygen atoms in total. The van der Waals surface area contributed by atoms with E-state index in [1.54, 1.807) is 0 Å². The zero-order chi connectivity index (χ0) is 12.3. The van der Waals surface area contributed by atoms with Gasteiger partial charge in [-0.15, -0.1) is 5.10 Å². The Morgan fingerprint density at radius 2 is 2.12 bits per heavy atom. The van der Waals surface area contributed by atoms with Crippen molar-refractivity contribution in [3.8, 4) is 0 Å². The minimum atomic E-state index is 0.0190. The van der Waals surface area contributed by atoms with Crippen LogP contribution in [0.4, 0.5) is 0 Å². The number of nitrogens with two attached hydrogens (primary N) is 1. The second kappa shape index (κ2) is 5.74. The first-order valence-corrected chi connectivity index (χ1v) is 7.24. The Morgan fingerprint density at radius 1 is 1.29 bits per heavy atom. The number of rotatable bonds is 3. The van der Waals surface area contributed by atoms with Gasteiger partial charge in [0.05, 0.1) is 16.6 Å². The van der Waals surface area contributed by atoms with Crippen LogP contribution >= 0.6 is 11.5 Å². The van der Waals surface area contributed by atoms with Crippen molar-refractivity contribution in [3.05, 3.63) is 22.2 Å². The molecule has 17 heavy (non-hydrogen) atoms. The molecule has 0 bridgehead atoms. The van der Waals surface area contributed by atoms with Crippen molar-refractivity contribution in [2.75, 3.05) is 0 Å². The van der Waals surface area contributed by atoms with E-state index in [1.165, 1.54) is 42.8 Å². The van der Waals surface area contributed by atoms with Gasteiger partial charge in [0.25, 0.3) is 0 Å². The van der Waals surface area contributed by atoms with Crippen LogP contribution in [-0.2, 0) is 0 Å². The highest BCUT2D eigenvalue weighted by Crippen LogP contribution is 2.32. The Morgan fingerprint density at radius 3 is 2.88 bits per heavy atom. The maximum atomic E-state index is 6.38. The zero-order valence-electron chi connectivity index (χ0n) is 10.6. The van der Waals surface area contributed by atoms with E-state index < -0.39 is 0 Å². The molecule has 2 N–H and O–H groups in total. The Bertz CT molecular complexity index is 395. The Balaban J connectivity index is 2.20. The molecule has 94 valence electrons. The number of hydrogen-bond acceptors (Lipinski definition) is 4. The molecule has 1 aromatic rings. The van der Waals surface area contributed by atoms with Crippen LogP contribution in [0, 0.1) is 0 Å². The van der Waals surface area contributed by atoms with Gasteiger partial charge < -0.3 is 5.73 Å². The standard InChI is InChI=1S/C13H21N3S/c1-9(2)12-13(17-16-15-12)11(14)10-7-5-3-4-6-8-10/h7,9,11H,3-6,8,14H2,1-2H3. The molecular formula is C13H21N3S. The van der Waals surface area contributed by atoms with E-state index in [0.717, 1.165) is 17.0 Å². The molecule has 0 aliphatic heterocycles. The smallest absolute Gasteiger partial charge is 0.0832 e. The lowest BCUT2D eigenvalue weighted by molar-refractivity contribution is 0.684. The molecule has 1 unspecified atom stereocenters. The first-order valence-electron chi connectivity index (χ1n) is 6.46. The van der Waals surface area contributed by atoms with Crippen LogP contribution in [-0.4, -0.2) is 9.59 Å². The van der Waals surface area contributed by atoms with E-state index in [4.69, 9.17) is 5.73 Å². The maximum absolute atomic E-state index is 6.38. The van der Waals surface area contributed by atoms with E-state index in [2.05, 4.69) is 29.5 Å². The largest absolute Gasteiger partial charge is 0.320 e.